The highest BCUT2D eigenvalue weighted by Crippen LogP contribution is 2.71. The van der Waals surface area contributed by atoms with Crippen molar-refractivity contribution in [2.45, 2.75) is 65.8 Å². The summed E-state index contributed by atoms with van der Waals surface area (Å²) in [5.41, 5.74) is -1.11. The fourth-order valence-electron chi connectivity index (χ4n) is 7.73. The van der Waals surface area contributed by atoms with Crippen molar-refractivity contribution in [2.75, 3.05) is 6.61 Å². The SMILES string of the molecule is CC1=CC23C(=O)[C@@H](C=C(CO)[C@@H](O)[C@]2(O)[C@H]1OC(=O)c1c(C)c[nH]c1C)[C@H]1[C@@H](CC3C)C1(C)C. The molecule has 7 nitrogen and oxygen atoms in total. The average molecular weight is 470 g/mol. The van der Waals surface area contributed by atoms with Gasteiger partial charge in [0.05, 0.1) is 17.6 Å². The van der Waals surface area contributed by atoms with Gasteiger partial charge < -0.3 is 25.0 Å². The van der Waals surface area contributed by atoms with Crippen LogP contribution in [0, 0.1) is 48.3 Å². The van der Waals surface area contributed by atoms with Gasteiger partial charge >= 0.3 is 5.97 Å². The van der Waals surface area contributed by atoms with Gasteiger partial charge in [0.1, 0.15) is 6.10 Å². The van der Waals surface area contributed by atoms with E-state index in [4.69, 9.17) is 4.74 Å². The zero-order chi connectivity index (χ0) is 25.0. The second-order valence-electron chi connectivity index (χ2n) is 11.6. The number of aromatic amines is 1. The number of ether oxygens (including phenoxy) is 1. The van der Waals surface area contributed by atoms with Crippen LogP contribution in [-0.2, 0) is 9.53 Å². The molecule has 1 spiro atoms. The minimum absolute atomic E-state index is 0.0345. The number of carbonyl (C=O) groups excluding carboxylic acids is 2. The molecule has 1 aromatic heterocycles. The van der Waals surface area contributed by atoms with Gasteiger partial charge in [-0.3, -0.25) is 4.79 Å². The third-order valence-corrected chi connectivity index (χ3v) is 9.60. The first-order valence-corrected chi connectivity index (χ1v) is 12.1. The first kappa shape index (κ1) is 23.5. The van der Waals surface area contributed by atoms with Gasteiger partial charge in [-0.2, -0.15) is 0 Å². The number of H-pyrrole nitrogens is 1. The zero-order valence-corrected chi connectivity index (χ0v) is 20.7. The Morgan fingerprint density at radius 3 is 2.53 bits per heavy atom. The Morgan fingerprint density at radius 2 is 1.94 bits per heavy atom. The molecule has 2 fully saturated rings. The van der Waals surface area contributed by atoms with E-state index in [0.717, 1.165) is 6.42 Å². The van der Waals surface area contributed by atoms with Gasteiger partial charge in [0.2, 0.25) is 0 Å². The Labute approximate surface area is 199 Å². The summed E-state index contributed by atoms with van der Waals surface area (Å²) in [4.78, 5) is 30.6. The number of fused-ring (bicyclic) bond motifs is 3. The summed E-state index contributed by atoms with van der Waals surface area (Å²) in [6.07, 6.45) is 3.06. The molecule has 7 heteroatoms. The largest absolute Gasteiger partial charge is 0.451 e. The Hall–Kier alpha value is -2.22. The molecule has 34 heavy (non-hydrogen) atoms. The summed E-state index contributed by atoms with van der Waals surface area (Å²) in [5, 5.41) is 34.1. The predicted molar refractivity (Wildman–Crippen MR) is 125 cm³/mol. The van der Waals surface area contributed by atoms with Crippen molar-refractivity contribution < 1.29 is 29.6 Å². The molecule has 5 rings (SSSR count). The number of hydrogen-bond acceptors (Lipinski definition) is 6. The standard InChI is InChI=1S/C27H35NO6/c1-12-9-26-14(3)7-18-20(25(18,5)6)17(22(26)31)8-16(11-29)21(30)27(26,33)23(12)34-24(32)19-13(2)10-28-15(19)4/h8-10,14,17-18,20-21,23,28-30,33H,7,11H2,1-6H3/t14?,17-,18+,20-,21+,23-,26?,27-/m0/s1. The quantitative estimate of drug-likeness (QED) is 0.399. The number of aryl methyl sites for hydroxylation is 2. The van der Waals surface area contributed by atoms with Gasteiger partial charge in [0, 0.05) is 17.8 Å². The Morgan fingerprint density at radius 1 is 1.26 bits per heavy atom. The number of Topliss-reactive ketones (excluding diaryl/α,β-unsaturated/α-hetero) is 1. The summed E-state index contributed by atoms with van der Waals surface area (Å²) in [7, 11) is 0. The van der Waals surface area contributed by atoms with Crippen molar-refractivity contribution in [3.8, 4) is 0 Å². The maximum absolute atomic E-state index is 14.3. The van der Waals surface area contributed by atoms with Crippen molar-refractivity contribution in [3.63, 3.8) is 0 Å². The molecule has 0 amide bonds. The highest BCUT2D eigenvalue weighted by Gasteiger charge is 2.76. The molecule has 4 aliphatic rings. The number of ketones is 1. The van der Waals surface area contributed by atoms with Crippen LogP contribution in [0.25, 0.3) is 0 Å². The fraction of sp³-hybridized carbons (Fsp3) is 0.630. The molecule has 1 aromatic rings. The molecule has 1 heterocycles. The zero-order valence-electron chi connectivity index (χ0n) is 20.7. The summed E-state index contributed by atoms with van der Waals surface area (Å²) in [6.45, 7) is 11.0. The summed E-state index contributed by atoms with van der Waals surface area (Å²) in [6, 6.07) is 0. The number of rotatable bonds is 3. The molecule has 184 valence electrons. The van der Waals surface area contributed by atoms with Gasteiger partial charge in [0.25, 0.3) is 0 Å². The number of allylic oxidation sites excluding steroid dienone is 1. The van der Waals surface area contributed by atoms with Gasteiger partial charge in [-0.05, 0) is 67.1 Å². The molecular formula is C27H35NO6. The summed E-state index contributed by atoms with van der Waals surface area (Å²) >= 11 is 0. The van der Waals surface area contributed by atoms with Crippen molar-refractivity contribution >= 4 is 11.8 Å². The molecule has 2 unspecified atom stereocenters. The van der Waals surface area contributed by atoms with E-state index in [2.05, 4.69) is 18.8 Å². The lowest BCUT2D eigenvalue weighted by Crippen LogP contribution is -2.65. The minimum Gasteiger partial charge on any atom is -0.451 e. The van der Waals surface area contributed by atoms with Crippen LogP contribution >= 0.6 is 0 Å². The smallest absolute Gasteiger partial charge is 0.340 e. The van der Waals surface area contributed by atoms with Crippen LogP contribution in [0.1, 0.15) is 55.7 Å². The van der Waals surface area contributed by atoms with Gasteiger partial charge in [-0.1, -0.05) is 32.9 Å². The first-order valence-electron chi connectivity index (χ1n) is 12.1. The fourth-order valence-corrected chi connectivity index (χ4v) is 7.73. The number of aliphatic hydroxyl groups excluding tert-OH is 2. The van der Waals surface area contributed by atoms with Crippen LogP contribution in [0.2, 0.25) is 0 Å². The van der Waals surface area contributed by atoms with E-state index in [1.165, 1.54) is 0 Å². The van der Waals surface area contributed by atoms with Gasteiger partial charge in [-0.25, -0.2) is 4.79 Å². The molecule has 0 aliphatic heterocycles. The number of aliphatic hydroxyl groups is 3. The molecular weight excluding hydrogens is 434 g/mol. The molecule has 2 saturated carbocycles. The van der Waals surface area contributed by atoms with E-state index in [9.17, 15) is 24.9 Å². The normalized spacial score (nSPS) is 42.1. The third kappa shape index (κ3) is 2.63. The topological polar surface area (TPSA) is 120 Å². The molecule has 2 bridgehead atoms. The van der Waals surface area contributed by atoms with Crippen LogP contribution in [0.3, 0.4) is 0 Å². The molecule has 4 N–H and O–H groups in total. The maximum Gasteiger partial charge on any atom is 0.340 e. The summed E-state index contributed by atoms with van der Waals surface area (Å²) < 4.78 is 5.93. The van der Waals surface area contributed by atoms with Crippen LogP contribution in [0.15, 0.2) is 29.5 Å². The minimum atomic E-state index is -2.12. The highest BCUT2D eigenvalue weighted by molar-refractivity contribution is 5.96. The number of carbonyl (C=O) groups is 2. The average Bonchev–Trinajstić information content (AvgIpc) is 3.05. The molecule has 0 aromatic carbocycles. The van der Waals surface area contributed by atoms with Crippen molar-refractivity contribution in [2.24, 2.45) is 34.5 Å². The van der Waals surface area contributed by atoms with Crippen molar-refractivity contribution in [1.82, 2.24) is 4.98 Å². The van der Waals surface area contributed by atoms with E-state index in [0.29, 0.717) is 28.3 Å². The number of esters is 1. The van der Waals surface area contributed by atoms with Crippen LogP contribution < -0.4 is 0 Å². The lowest BCUT2D eigenvalue weighted by Gasteiger charge is -2.48. The monoisotopic (exact) mass is 469 g/mol. The Bertz CT molecular complexity index is 1120. The van der Waals surface area contributed by atoms with E-state index in [1.807, 2.05) is 6.92 Å². The number of nitrogens with one attached hydrogen (secondary N) is 1. The van der Waals surface area contributed by atoms with E-state index in [-0.39, 0.29) is 28.6 Å². The van der Waals surface area contributed by atoms with Crippen molar-refractivity contribution in [3.05, 3.63) is 46.3 Å². The van der Waals surface area contributed by atoms with Gasteiger partial charge in [-0.15, -0.1) is 0 Å². The molecule has 0 radical (unpaired) electrons. The van der Waals surface area contributed by atoms with Crippen molar-refractivity contribution in [1.29, 1.82) is 0 Å². The lowest BCUT2D eigenvalue weighted by molar-refractivity contribution is -0.190. The molecule has 8 atom stereocenters. The van der Waals surface area contributed by atoms with E-state index in [1.54, 1.807) is 39.1 Å². The third-order valence-electron chi connectivity index (χ3n) is 9.60. The van der Waals surface area contributed by atoms with Crippen LogP contribution in [-0.4, -0.2) is 56.5 Å². The van der Waals surface area contributed by atoms with E-state index >= 15 is 0 Å². The van der Waals surface area contributed by atoms with Gasteiger partial charge in [0.15, 0.2) is 17.5 Å². The Kier molecular flexibility index (Phi) is 4.95. The lowest BCUT2D eigenvalue weighted by atomic mass is 9.59. The number of hydrogen-bond donors (Lipinski definition) is 4. The maximum atomic E-state index is 14.3. The second kappa shape index (κ2) is 7.15. The first-order chi connectivity index (χ1) is 15.8. The predicted octanol–water partition coefficient (Wildman–Crippen LogP) is 2.62. The molecule has 4 aliphatic carbocycles. The summed E-state index contributed by atoms with van der Waals surface area (Å²) in [5.74, 6) is -1.22. The van der Waals surface area contributed by atoms with E-state index < -0.39 is 41.7 Å². The molecule has 0 saturated heterocycles. The Balaban J connectivity index is 1.65. The van der Waals surface area contributed by atoms with Crippen LogP contribution in [0.5, 0.6) is 0 Å². The van der Waals surface area contributed by atoms with Crippen LogP contribution in [0.4, 0.5) is 0 Å². The second-order valence-corrected chi connectivity index (χ2v) is 11.6. The number of aromatic nitrogens is 1. The highest BCUT2D eigenvalue weighted by atomic mass is 16.6.